The normalized spacial score (nSPS) is 15.1. The molecule has 1 aromatic carbocycles. The van der Waals surface area contributed by atoms with Crippen LogP contribution in [-0.2, 0) is 4.74 Å². The number of methoxy groups -OCH3 is 1. The topological polar surface area (TPSA) is 83.5 Å². The number of nitrogens with one attached hydrogen (secondary N) is 1. The molecule has 0 unspecified atom stereocenters. The van der Waals surface area contributed by atoms with Crippen molar-refractivity contribution < 1.29 is 9.53 Å². The number of pyridine rings is 1. The second kappa shape index (κ2) is 7.70. The van der Waals surface area contributed by atoms with Crippen molar-refractivity contribution in [2.24, 2.45) is 0 Å². The highest BCUT2D eigenvalue weighted by Gasteiger charge is 2.24. The van der Waals surface area contributed by atoms with E-state index in [0.717, 1.165) is 31.9 Å². The summed E-state index contributed by atoms with van der Waals surface area (Å²) < 4.78 is 6.45. The number of hydrogen-bond donors (Lipinski definition) is 1. The van der Waals surface area contributed by atoms with Crippen molar-refractivity contribution in [1.82, 2.24) is 19.7 Å². The standard InChI is InChI=1S/C19H19Cl2N5O3/c1-24-3-5-25(6-4-24)17-14(20)7-11(8-15(17)21)26-9-12-16(22-23-18(12)27)13(10-26)19(28)29-2/h7-10H,3-6H2,1-2H3,(H,23,27). The first-order chi connectivity index (χ1) is 13.9. The Morgan fingerprint density at radius 3 is 2.41 bits per heavy atom. The van der Waals surface area contributed by atoms with Crippen molar-refractivity contribution in [3.8, 4) is 16.9 Å². The SMILES string of the molecule is COC(=O)c1cn(-c2cc(Cl)c(N3CCN(C)CC3)c(Cl)c2)cc2c(=O)[nH]nc1-2. The van der Waals surface area contributed by atoms with Crippen LogP contribution in [0.25, 0.3) is 16.9 Å². The van der Waals surface area contributed by atoms with Crippen LogP contribution in [-0.4, -0.2) is 66.0 Å². The van der Waals surface area contributed by atoms with Crippen LogP contribution in [0.4, 0.5) is 5.69 Å². The molecule has 152 valence electrons. The molecule has 29 heavy (non-hydrogen) atoms. The average molecular weight is 436 g/mol. The van der Waals surface area contributed by atoms with Gasteiger partial charge in [-0.1, -0.05) is 23.2 Å². The number of ether oxygens (including phenoxy) is 1. The molecule has 0 saturated carbocycles. The predicted molar refractivity (Wildman–Crippen MR) is 112 cm³/mol. The van der Waals surface area contributed by atoms with Gasteiger partial charge in [0.05, 0.1) is 28.4 Å². The second-order valence-electron chi connectivity index (χ2n) is 6.93. The first-order valence-corrected chi connectivity index (χ1v) is 9.76. The zero-order valence-corrected chi connectivity index (χ0v) is 17.4. The van der Waals surface area contributed by atoms with Crippen LogP contribution in [0.15, 0.2) is 29.3 Å². The summed E-state index contributed by atoms with van der Waals surface area (Å²) in [6, 6.07) is 3.52. The highest BCUT2D eigenvalue weighted by atomic mass is 35.5. The van der Waals surface area contributed by atoms with Gasteiger partial charge in [-0.25, -0.2) is 9.89 Å². The number of benzene rings is 1. The maximum atomic E-state index is 12.2. The Balaban J connectivity index is 1.80. The number of carbonyl (C=O) groups is 1. The number of aromatic nitrogens is 3. The lowest BCUT2D eigenvalue weighted by Gasteiger charge is -2.35. The van der Waals surface area contributed by atoms with Crippen molar-refractivity contribution in [3.63, 3.8) is 0 Å². The van der Waals surface area contributed by atoms with Crippen LogP contribution in [0, 0.1) is 0 Å². The van der Waals surface area contributed by atoms with Crippen molar-refractivity contribution in [3.05, 3.63) is 50.5 Å². The number of nitrogens with zero attached hydrogens (tertiary/aromatic N) is 4. The van der Waals surface area contributed by atoms with E-state index in [4.69, 9.17) is 27.9 Å². The van der Waals surface area contributed by atoms with Gasteiger partial charge in [-0.2, -0.15) is 5.10 Å². The minimum absolute atomic E-state index is 0.165. The molecule has 8 nitrogen and oxygen atoms in total. The number of esters is 1. The van der Waals surface area contributed by atoms with E-state index in [0.29, 0.717) is 15.7 Å². The molecule has 0 atom stereocenters. The summed E-state index contributed by atoms with van der Waals surface area (Å²) in [5.74, 6) is -0.595. The van der Waals surface area contributed by atoms with E-state index in [9.17, 15) is 9.59 Å². The number of aromatic amines is 1. The molecular formula is C19H19Cl2N5O3. The van der Waals surface area contributed by atoms with Crippen LogP contribution in [0.3, 0.4) is 0 Å². The molecule has 10 heteroatoms. The number of rotatable bonds is 3. The number of piperazine rings is 1. The second-order valence-corrected chi connectivity index (χ2v) is 7.75. The molecule has 0 radical (unpaired) electrons. The van der Waals surface area contributed by atoms with Crippen molar-refractivity contribution >= 4 is 34.9 Å². The molecule has 3 aliphatic heterocycles. The number of H-pyrrole nitrogens is 1. The van der Waals surface area contributed by atoms with Gasteiger partial charge in [-0.3, -0.25) is 4.79 Å². The van der Waals surface area contributed by atoms with E-state index in [1.54, 1.807) is 29.1 Å². The Morgan fingerprint density at radius 1 is 1.14 bits per heavy atom. The zero-order valence-electron chi connectivity index (χ0n) is 15.9. The van der Waals surface area contributed by atoms with Gasteiger partial charge in [0.15, 0.2) is 0 Å². The number of carbonyl (C=O) groups excluding carboxylic acids is 1. The van der Waals surface area contributed by atoms with Gasteiger partial charge in [-0.15, -0.1) is 0 Å². The van der Waals surface area contributed by atoms with Crippen LogP contribution >= 0.6 is 23.2 Å². The molecule has 1 fully saturated rings. The number of halogens is 2. The van der Waals surface area contributed by atoms with Gasteiger partial charge in [0.25, 0.3) is 5.56 Å². The summed E-state index contributed by atoms with van der Waals surface area (Å²) >= 11 is 13.2. The van der Waals surface area contributed by atoms with Crippen molar-refractivity contribution in [2.75, 3.05) is 45.2 Å². The highest BCUT2D eigenvalue weighted by Crippen LogP contribution is 2.37. The largest absolute Gasteiger partial charge is 0.465 e. The number of fused-ring (bicyclic) bond motifs is 1. The van der Waals surface area contributed by atoms with E-state index in [1.807, 2.05) is 0 Å². The summed E-state index contributed by atoms with van der Waals surface area (Å²) in [6.45, 7) is 3.51. The van der Waals surface area contributed by atoms with Crippen LogP contribution in [0.5, 0.6) is 0 Å². The molecule has 0 amide bonds. The van der Waals surface area contributed by atoms with Crippen LogP contribution in [0.1, 0.15) is 10.4 Å². The highest BCUT2D eigenvalue weighted by molar-refractivity contribution is 6.39. The predicted octanol–water partition coefficient (Wildman–Crippen LogP) is 2.51. The summed E-state index contributed by atoms with van der Waals surface area (Å²) in [6.07, 6.45) is 3.14. The maximum absolute atomic E-state index is 12.2. The third-order valence-corrected chi connectivity index (χ3v) is 5.66. The summed E-state index contributed by atoms with van der Waals surface area (Å²) in [7, 11) is 3.35. The molecule has 1 aromatic rings. The average Bonchev–Trinajstić information content (AvgIpc) is 3.08. The van der Waals surface area contributed by atoms with E-state index >= 15 is 0 Å². The Bertz CT molecular complexity index is 1080. The number of likely N-dealkylation sites (N-methyl/N-ethyl adjacent to an activating group) is 1. The first-order valence-electron chi connectivity index (χ1n) is 9.00. The molecule has 1 saturated heterocycles. The lowest BCUT2D eigenvalue weighted by molar-refractivity contribution is 0.0600. The van der Waals surface area contributed by atoms with E-state index < -0.39 is 11.5 Å². The number of hydrogen-bond acceptors (Lipinski definition) is 6. The van der Waals surface area contributed by atoms with Gasteiger partial charge in [0, 0.05) is 44.3 Å². The van der Waals surface area contributed by atoms with Crippen LogP contribution in [0.2, 0.25) is 10.0 Å². The van der Waals surface area contributed by atoms with E-state index in [-0.39, 0.29) is 16.8 Å². The minimum atomic E-state index is -0.595. The third-order valence-electron chi connectivity index (χ3n) is 5.09. The van der Waals surface area contributed by atoms with E-state index in [2.05, 4.69) is 27.0 Å². The summed E-state index contributed by atoms with van der Waals surface area (Å²) in [5.41, 5.74) is 1.69. The molecular weight excluding hydrogens is 417 g/mol. The maximum Gasteiger partial charge on any atom is 0.341 e. The monoisotopic (exact) mass is 435 g/mol. The fourth-order valence-electron chi connectivity index (χ4n) is 3.48. The Kier molecular flexibility index (Phi) is 5.24. The Hall–Kier alpha value is -2.55. The third kappa shape index (κ3) is 3.59. The number of anilines is 1. The Labute approximate surface area is 176 Å². The molecule has 0 aliphatic carbocycles. The van der Waals surface area contributed by atoms with Crippen molar-refractivity contribution in [2.45, 2.75) is 0 Å². The smallest absolute Gasteiger partial charge is 0.341 e. The van der Waals surface area contributed by atoms with Gasteiger partial charge < -0.3 is 19.1 Å². The van der Waals surface area contributed by atoms with Crippen molar-refractivity contribution in [1.29, 1.82) is 0 Å². The minimum Gasteiger partial charge on any atom is -0.465 e. The fourth-order valence-corrected chi connectivity index (χ4v) is 4.19. The first kappa shape index (κ1) is 19.8. The van der Waals surface area contributed by atoms with Gasteiger partial charge in [0.2, 0.25) is 0 Å². The molecule has 3 heterocycles. The molecule has 3 aliphatic rings. The summed E-state index contributed by atoms with van der Waals surface area (Å²) in [5, 5.41) is 7.29. The van der Waals surface area contributed by atoms with Gasteiger partial charge >= 0.3 is 5.97 Å². The lowest BCUT2D eigenvalue weighted by Crippen LogP contribution is -2.44. The van der Waals surface area contributed by atoms with Gasteiger partial charge in [0.1, 0.15) is 11.3 Å². The quantitative estimate of drug-likeness (QED) is 0.636. The molecule has 4 rings (SSSR count). The fraction of sp³-hybridized carbons (Fsp3) is 0.316. The Morgan fingerprint density at radius 2 is 1.79 bits per heavy atom. The molecule has 0 bridgehead atoms. The molecule has 0 spiro atoms. The molecule has 0 aromatic heterocycles. The van der Waals surface area contributed by atoms with Gasteiger partial charge in [-0.05, 0) is 19.2 Å². The van der Waals surface area contributed by atoms with Crippen LogP contribution < -0.4 is 10.5 Å². The lowest BCUT2D eigenvalue weighted by atomic mass is 10.1. The zero-order chi connectivity index (χ0) is 20.7. The molecule has 1 N–H and O–H groups in total. The van der Waals surface area contributed by atoms with E-state index in [1.165, 1.54) is 7.11 Å². The summed E-state index contributed by atoms with van der Waals surface area (Å²) in [4.78, 5) is 28.7.